The number of ketones is 1. The third kappa shape index (κ3) is 7.14. The number of benzene rings is 1. The summed E-state index contributed by atoms with van der Waals surface area (Å²) in [6.07, 6.45) is 5.38. The van der Waals surface area contributed by atoms with Gasteiger partial charge in [-0.1, -0.05) is 57.2 Å². The smallest absolute Gasteiger partial charge is 0.191 e. The van der Waals surface area contributed by atoms with Crippen molar-refractivity contribution < 1.29 is 9.22 Å². The summed E-state index contributed by atoms with van der Waals surface area (Å²) >= 11 is 0. The Morgan fingerprint density at radius 2 is 1.79 bits per heavy atom. The molecule has 1 aromatic rings. The number of Topliss-reactive ketones (excluding diaryl/α,β-unsaturated/α-hetero) is 1. The Morgan fingerprint density at radius 3 is 2.38 bits per heavy atom. The topological polar surface area (TPSA) is 26.3 Å². The van der Waals surface area contributed by atoms with E-state index in [4.69, 9.17) is 4.43 Å². The second-order valence-corrected chi connectivity index (χ2v) is 12.9. The number of rotatable bonds is 9. The summed E-state index contributed by atoms with van der Waals surface area (Å²) in [6, 6.07) is 10.2. The van der Waals surface area contributed by atoms with E-state index < -0.39 is 8.32 Å². The van der Waals surface area contributed by atoms with Crippen molar-refractivity contribution in [1.29, 1.82) is 0 Å². The molecular formula is C21H34O2Si. The Morgan fingerprint density at radius 1 is 1.17 bits per heavy atom. The molecule has 1 rings (SSSR count). The average molecular weight is 347 g/mol. The van der Waals surface area contributed by atoms with E-state index in [0.29, 0.717) is 6.42 Å². The minimum absolute atomic E-state index is 0.254. The molecule has 0 bridgehead atoms. The zero-order chi connectivity index (χ0) is 18.2. The first-order valence-corrected chi connectivity index (χ1v) is 11.9. The normalized spacial score (nSPS) is 13.2. The van der Waals surface area contributed by atoms with Crippen LogP contribution in [0.5, 0.6) is 0 Å². The van der Waals surface area contributed by atoms with Gasteiger partial charge in [-0.2, -0.15) is 0 Å². The molecule has 0 aliphatic carbocycles. The van der Waals surface area contributed by atoms with Crippen LogP contribution in [0.25, 0.3) is 0 Å². The standard InChI is InChI=1S/C21H34O2Si/c1-18(20(22)16-15-19-13-8-7-9-14-19)12-10-11-17-23-24(5,6)21(2,3)4/h7-9,12-14H,10-11,15-17H2,1-6H3/b18-12+. The minimum Gasteiger partial charge on any atom is -0.417 e. The third-order valence-corrected chi connectivity index (χ3v) is 9.53. The zero-order valence-electron chi connectivity index (χ0n) is 16.3. The predicted octanol–water partition coefficient (Wildman–Crippen LogP) is 5.94. The number of aryl methyl sites for hydroxylation is 1. The summed E-state index contributed by atoms with van der Waals surface area (Å²) in [6.45, 7) is 14.1. The van der Waals surface area contributed by atoms with Crippen molar-refractivity contribution in [2.24, 2.45) is 0 Å². The van der Waals surface area contributed by atoms with Crippen LogP contribution in [0.15, 0.2) is 42.0 Å². The lowest BCUT2D eigenvalue weighted by Crippen LogP contribution is -2.40. The summed E-state index contributed by atoms with van der Waals surface area (Å²) < 4.78 is 6.17. The summed E-state index contributed by atoms with van der Waals surface area (Å²) in [5, 5.41) is 0.256. The fourth-order valence-corrected chi connectivity index (χ4v) is 3.25. The van der Waals surface area contributed by atoms with Gasteiger partial charge in [0.2, 0.25) is 0 Å². The lowest BCUT2D eigenvalue weighted by Gasteiger charge is -2.36. The van der Waals surface area contributed by atoms with Gasteiger partial charge in [-0.3, -0.25) is 4.79 Å². The first-order chi connectivity index (χ1) is 11.1. The molecule has 2 nitrogen and oxygen atoms in total. The SMILES string of the molecule is C/C(=C\CCCO[Si](C)(C)C(C)(C)C)C(=O)CCc1ccccc1. The van der Waals surface area contributed by atoms with Crippen molar-refractivity contribution in [1.82, 2.24) is 0 Å². The maximum atomic E-state index is 12.2. The van der Waals surface area contributed by atoms with Gasteiger partial charge >= 0.3 is 0 Å². The van der Waals surface area contributed by atoms with Crippen molar-refractivity contribution >= 4 is 14.1 Å². The molecule has 0 atom stereocenters. The molecule has 134 valence electrons. The van der Waals surface area contributed by atoms with Crippen LogP contribution in [0.1, 0.15) is 52.5 Å². The number of unbranched alkanes of at least 4 members (excludes halogenated alkanes) is 1. The highest BCUT2D eigenvalue weighted by Gasteiger charge is 2.36. The number of allylic oxidation sites excluding steroid dienone is 2. The summed E-state index contributed by atoms with van der Waals surface area (Å²) in [7, 11) is -1.64. The van der Waals surface area contributed by atoms with Gasteiger partial charge in [0.1, 0.15) is 0 Å². The quantitative estimate of drug-likeness (QED) is 0.314. The number of hydrogen-bond acceptors (Lipinski definition) is 2. The highest BCUT2D eigenvalue weighted by atomic mass is 28.4. The van der Waals surface area contributed by atoms with Crippen molar-refractivity contribution in [3.8, 4) is 0 Å². The summed E-state index contributed by atoms with van der Waals surface area (Å²) in [4.78, 5) is 12.2. The minimum atomic E-state index is -1.64. The van der Waals surface area contributed by atoms with Crippen LogP contribution in [0.2, 0.25) is 18.1 Å². The van der Waals surface area contributed by atoms with E-state index in [0.717, 1.165) is 31.4 Å². The van der Waals surface area contributed by atoms with E-state index >= 15 is 0 Å². The molecule has 0 radical (unpaired) electrons. The second kappa shape index (κ2) is 9.33. The lowest BCUT2D eigenvalue weighted by atomic mass is 10.0. The van der Waals surface area contributed by atoms with E-state index in [-0.39, 0.29) is 10.8 Å². The molecular weight excluding hydrogens is 312 g/mol. The van der Waals surface area contributed by atoms with E-state index in [1.165, 1.54) is 5.56 Å². The van der Waals surface area contributed by atoms with Gasteiger partial charge in [-0.25, -0.2) is 0 Å². The average Bonchev–Trinajstić information content (AvgIpc) is 2.51. The molecule has 0 N–H and O–H groups in total. The van der Waals surface area contributed by atoms with Gasteiger partial charge in [0.15, 0.2) is 14.1 Å². The molecule has 0 saturated carbocycles. The molecule has 0 saturated heterocycles. The van der Waals surface area contributed by atoms with Gasteiger partial charge in [0.05, 0.1) is 0 Å². The van der Waals surface area contributed by atoms with Crippen LogP contribution >= 0.6 is 0 Å². The zero-order valence-corrected chi connectivity index (χ0v) is 17.3. The van der Waals surface area contributed by atoms with Crippen LogP contribution in [-0.2, 0) is 15.6 Å². The molecule has 0 heterocycles. The molecule has 0 spiro atoms. The van der Waals surface area contributed by atoms with Crippen molar-refractivity contribution in [2.45, 2.75) is 71.5 Å². The maximum absolute atomic E-state index is 12.2. The van der Waals surface area contributed by atoms with E-state index in [1.807, 2.05) is 25.1 Å². The maximum Gasteiger partial charge on any atom is 0.191 e. The molecule has 0 aliphatic rings. The first kappa shape index (κ1) is 20.9. The largest absolute Gasteiger partial charge is 0.417 e. The molecule has 24 heavy (non-hydrogen) atoms. The molecule has 0 unspecified atom stereocenters. The van der Waals surface area contributed by atoms with Gasteiger partial charge < -0.3 is 4.43 Å². The molecule has 0 fully saturated rings. The Hall–Kier alpha value is -1.19. The Bertz CT molecular complexity index is 539. The van der Waals surface area contributed by atoms with E-state index in [2.05, 4.69) is 52.1 Å². The highest BCUT2D eigenvalue weighted by molar-refractivity contribution is 6.74. The second-order valence-electron chi connectivity index (χ2n) is 8.05. The number of carbonyl (C=O) groups is 1. The van der Waals surface area contributed by atoms with E-state index in [9.17, 15) is 4.79 Å². The van der Waals surface area contributed by atoms with Gasteiger partial charge in [0.25, 0.3) is 0 Å². The van der Waals surface area contributed by atoms with Crippen LogP contribution < -0.4 is 0 Å². The fourth-order valence-electron chi connectivity index (χ4n) is 2.16. The fraction of sp³-hybridized carbons (Fsp3) is 0.571. The predicted molar refractivity (Wildman–Crippen MR) is 106 cm³/mol. The van der Waals surface area contributed by atoms with Gasteiger partial charge in [0, 0.05) is 13.0 Å². The van der Waals surface area contributed by atoms with Crippen LogP contribution in [-0.4, -0.2) is 20.7 Å². The molecule has 0 aromatic heterocycles. The Labute approximate surface area is 149 Å². The monoisotopic (exact) mass is 346 g/mol. The van der Waals surface area contributed by atoms with E-state index in [1.54, 1.807) is 0 Å². The van der Waals surface area contributed by atoms with Gasteiger partial charge in [-0.15, -0.1) is 0 Å². The summed E-state index contributed by atoms with van der Waals surface area (Å²) in [5.41, 5.74) is 2.11. The summed E-state index contributed by atoms with van der Waals surface area (Å²) in [5.74, 6) is 0.254. The lowest BCUT2D eigenvalue weighted by molar-refractivity contribution is -0.115. The number of carbonyl (C=O) groups excluding carboxylic acids is 1. The molecule has 1 aromatic carbocycles. The van der Waals surface area contributed by atoms with Gasteiger partial charge in [-0.05, 0) is 55.5 Å². The van der Waals surface area contributed by atoms with Crippen LogP contribution in [0.4, 0.5) is 0 Å². The molecule has 0 amide bonds. The van der Waals surface area contributed by atoms with Crippen LogP contribution in [0.3, 0.4) is 0 Å². The third-order valence-electron chi connectivity index (χ3n) is 4.99. The van der Waals surface area contributed by atoms with Crippen molar-refractivity contribution in [2.75, 3.05) is 6.61 Å². The molecule has 0 aliphatic heterocycles. The molecule has 3 heteroatoms. The first-order valence-electron chi connectivity index (χ1n) is 9.01. The van der Waals surface area contributed by atoms with Crippen molar-refractivity contribution in [3.63, 3.8) is 0 Å². The van der Waals surface area contributed by atoms with Crippen LogP contribution in [0, 0.1) is 0 Å². The number of hydrogen-bond donors (Lipinski definition) is 0. The van der Waals surface area contributed by atoms with Crippen molar-refractivity contribution in [3.05, 3.63) is 47.5 Å². The Kier molecular flexibility index (Phi) is 8.11. The Balaban J connectivity index is 2.30. The highest BCUT2D eigenvalue weighted by Crippen LogP contribution is 2.36.